The zero-order valence-corrected chi connectivity index (χ0v) is 8.35. The molecule has 80 valence electrons. The lowest BCUT2D eigenvalue weighted by molar-refractivity contribution is 0.393. The van der Waals surface area contributed by atoms with E-state index < -0.39 is 5.63 Å². The third-order valence-corrected chi connectivity index (χ3v) is 2.01. The average molecular weight is 217 g/mol. The monoisotopic (exact) mass is 217 g/mol. The molecule has 2 aromatic rings. The molecule has 0 aliphatic rings. The Morgan fingerprint density at radius 3 is 2.94 bits per heavy atom. The van der Waals surface area contributed by atoms with Crippen LogP contribution in [0.5, 0.6) is 5.75 Å². The van der Waals surface area contributed by atoms with Crippen LogP contribution in [0.4, 0.5) is 0 Å². The highest BCUT2D eigenvalue weighted by atomic mass is 16.5. The van der Waals surface area contributed by atoms with Gasteiger partial charge in [0.05, 0.1) is 18.9 Å². The summed E-state index contributed by atoms with van der Waals surface area (Å²) < 4.78 is 9.54. The van der Waals surface area contributed by atoms with Crippen molar-refractivity contribution < 1.29 is 9.26 Å². The fourth-order valence-corrected chi connectivity index (χ4v) is 1.25. The number of aromatic amines is 1. The second-order valence-corrected chi connectivity index (χ2v) is 2.96. The van der Waals surface area contributed by atoms with Crippen LogP contribution < -0.4 is 10.4 Å². The van der Waals surface area contributed by atoms with Crippen molar-refractivity contribution in [3.8, 4) is 23.2 Å². The molecule has 0 radical (unpaired) electrons. The van der Waals surface area contributed by atoms with E-state index in [1.165, 1.54) is 19.4 Å². The Balaban J connectivity index is 2.52. The summed E-state index contributed by atoms with van der Waals surface area (Å²) in [5.74, 6) is 0.398. The van der Waals surface area contributed by atoms with Gasteiger partial charge in [-0.15, -0.1) is 0 Å². The van der Waals surface area contributed by atoms with Gasteiger partial charge < -0.3 is 9.26 Å². The first-order chi connectivity index (χ1) is 7.74. The minimum absolute atomic E-state index is 0.331. The van der Waals surface area contributed by atoms with Gasteiger partial charge >= 0.3 is 5.63 Å². The molecule has 16 heavy (non-hydrogen) atoms. The minimum Gasteiger partial charge on any atom is -0.495 e. The molecular weight excluding hydrogens is 210 g/mol. The van der Waals surface area contributed by atoms with Gasteiger partial charge in [-0.05, 0) is 0 Å². The van der Waals surface area contributed by atoms with Gasteiger partial charge in [0.25, 0.3) is 0 Å². The van der Waals surface area contributed by atoms with E-state index in [1.54, 1.807) is 6.07 Å². The molecule has 0 aliphatic carbocycles. The van der Waals surface area contributed by atoms with Crippen molar-refractivity contribution in [2.75, 3.05) is 7.11 Å². The summed E-state index contributed by atoms with van der Waals surface area (Å²) in [4.78, 5) is 14.8. The average Bonchev–Trinajstić information content (AvgIpc) is 2.75. The lowest BCUT2D eigenvalue weighted by Crippen LogP contribution is -1.92. The third-order valence-electron chi connectivity index (χ3n) is 2.01. The number of hydrogen-bond acceptors (Lipinski definition) is 5. The summed E-state index contributed by atoms with van der Waals surface area (Å²) in [6.45, 7) is 0. The lowest BCUT2D eigenvalue weighted by atomic mass is 10.2. The van der Waals surface area contributed by atoms with E-state index in [0.29, 0.717) is 22.7 Å². The number of rotatable bonds is 2. The zero-order valence-electron chi connectivity index (χ0n) is 8.35. The number of methoxy groups -OCH3 is 1. The number of hydrogen-bond donors (Lipinski definition) is 1. The molecular formula is C10H7N3O3. The summed E-state index contributed by atoms with van der Waals surface area (Å²) in [5.41, 5.74) is 0.756. The Kier molecular flexibility index (Phi) is 2.44. The number of H-pyrrole nitrogens is 1. The van der Waals surface area contributed by atoms with Crippen molar-refractivity contribution >= 4 is 0 Å². The zero-order chi connectivity index (χ0) is 11.5. The molecule has 6 heteroatoms. The summed E-state index contributed by atoms with van der Waals surface area (Å²) in [6.07, 6.45) is 1.37. The topological polar surface area (TPSA) is 91.9 Å². The molecule has 0 amide bonds. The molecule has 0 saturated heterocycles. The van der Waals surface area contributed by atoms with Crippen molar-refractivity contribution in [3.05, 3.63) is 34.3 Å². The highest BCUT2D eigenvalue weighted by Gasteiger charge is 2.08. The first kappa shape index (κ1) is 9.98. The quantitative estimate of drug-likeness (QED) is 0.807. The summed E-state index contributed by atoms with van der Waals surface area (Å²) in [5, 5.41) is 11.2. The molecule has 2 heterocycles. The van der Waals surface area contributed by atoms with E-state index in [9.17, 15) is 4.79 Å². The van der Waals surface area contributed by atoms with Gasteiger partial charge in [-0.2, -0.15) is 5.26 Å². The third kappa shape index (κ3) is 1.66. The van der Waals surface area contributed by atoms with Crippen LogP contribution >= 0.6 is 0 Å². The molecule has 2 rings (SSSR count). The maximum atomic E-state index is 10.8. The van der Waals surface area contributed by atoms with Crippen molar-refractivity contribution in [2.45, 2.75) is 0 Å². The van der Waals surface area contributed by atoms with E-state index in [-0.39, 0.29) is 0 Å². The second kappa shape index (κ2) is 3.90. The van der Waals surface area contributed by atoms with E-state index in [4.69, 9.17) is 10.00 Å². The van der Waals surface area contributed by atoms with Crippen LogP contribution in [-0.2, 0) is 0 Å². The van der Waals surface area contributed by atoms with Crippen LogP contribution in [-0.4, -0.2) is 17.3 Å². The van der Waals surface area contributed by atoms with Crippen molar-refractivity contribution in [1.29, 1.82) is 5.26 Å². The number of aromatic nitrogens is 2. The van der Waals surface area contributed by atoms with Gasteiger partial charge in [0.2, 0.25) is 0 Å². The summed E-state index contributed by atoms with van der Waals surface area (Å²) in [7, 11) is 1.46. The largest absolute Gasteiger partial charge is 0.495 e. The SMILES string of the molecule is COc1cc(-c2cc(=O)o[nH]2)ncc1C#N. The molecule has 0 unspecified atom stereocenters. The lowest BCUT2D eigenvalue weighted by Gasteiger charge is -2.03. The Labute approximate surface area is 90.1 Å². The molecule has 0 saturated carbocycles. The van der Waals surface area contributed by atoms with E-state index in [0.717, 1.165) is 0 Å². The molecule has 0 aromatic carbocycles. The molecule has 1 N–H and O–H groups in total. The van der Waals surface area contributed by atoms with Crippen LogP contribution in [0.3, 0.4) is 0 Å². The number of ether oxygens (including phenoxy) is 1. The first-order valence-electron chi connectivity index (χ1n) is 4.37. The maximum absolute atomic E-state index is 10.8. The van der Waals surface area contributed by atoms with E-state index in [1.807, 2.05) is 6.07 Å². The first-order valence-corrected chi connectivity index (χ1v) is 4.37. The second-order valence-electron chi connectivity index (χ2n) is 2.96. The Morgan fingerprint density at radius 2 is 2.38 bits per heavy atom. The highest BCUT2D eigenvalue weighted by Crippen LogP contribution is 2.22. The maximum Gasteiger partial charge on any atom is 0.357 e. The summed E-state index contributed by atoms with van der Waals surface area (Å²) >= 11 is 0. The van der Waals surface area contributed by atoms with Gasteiger partial charge in [-0.3, -0.25) is 4.98 Å². The van der Waals surface area contributed by atoms with Crippen LogP contribution in [0.15, 0.2) is 27.6 Å². The standard InChI is InChI=1S/C10H7N3O3/c1-15-9-2-7(12-5-6(9)4-11)8-3-10(14)16-13-8/h2-3,5,13H,1H3. The van der Waals surface area contributed by atoms with Crippen molar-refractivity contribution in [3.63, 3.8) is 0 Å². The Morgan fingerprint density at radius 1 is 1.56 bits per heavy atom. The van der Waals surface area contributed by atoms with E-state index >= 15 is 0 Å². The molecule has 0 bridgehead atoms. The number of nitriles is 1. The van der Waals surface area contributed by atoms with Crippen LogP contribution in [0, 0.1) is 11.3 Å². The normalized spacial score (nSPS) is 9.75. The van der Waals surface area contributed by atoms with Gasteiger partial charge in [-0.25, -0.2) is 9.95 Å². The molecule has 0 atom stereocenters. The van der Waals surface area contributed by atoms with Crippen LogP contribution in [0.25, 0.3) is 11.4 Å². The predicted molar refractivity (Wildman–Crippen MR) is 53.8 cm³/mol. The van der Waals surface area contributed by atoms with Crippen molar-refractivity contribution in [2.24, 2.45) is 0 Å². The smallest absolute Gasteiger partial charge is 0.357 e. The molecule has 0 aliphatic heterocycles. The van der Waals surface area contributed by atoms with Gasteiger partial charge in [0, 0.05) is 12.3 Å². The van der Waals surface area contributed by atoms with E-state index in [2.05, 4.69) is 14.7 Å². The van der Waals surface area contributed by atoms with Crippen LogP contribution in [0.1, 0.15) is 5.56 Å². The number of nitrogens with zero attached hydrogens (tertiary/aromatic N) is 2. The van der Waals surface area contributed by atoms with Crippen LogP contribution in [0.2, 0.25) is 0 Å². The highest BCUT2D eigenvalue weighted by molar-refractivity contribution is 5.58. The fraction of sp³-hybridized carbons (Fsp3) is 0.100. The Hall–Kier alpha value is -2.55. The number of nitrogens with one attached hydrogen (secondary N) is 1. The van der Waals surface area contributed by atoms with Crippen molar-refractivity contribution in [1.82, 2.24) is 10.1 Å². The molecule has 0 fully saturated rings. The Bertz CT molecular complexity index is 606. The molecule has 2 aromatic heterocycles. The minimum atomic E-state index is -0.486. The fourth-order valence-electron chi connectivity index (χ4n) is 1.25. The van der Waals surface area contributed by atoms with Gasteiger partial charge in [0.15, 0.2) is 0 Å². The summed E-state index contributed by atoms with van der Waals surface area (Å²) in [6, 6.07) is 4.77. The molecule has 6 nitrogen and oxygen atoms in total. The predicted octanol–water partition coefficient (Wildman–Crippen LogP) is 0.910. The van der Waals surface area contributed by atoms with Gasteiger partial charge in [-0.1, -0.05) is 0 Å². The van der Waals surface area contributed by atoms with Gasteiger partial charge in [0.1, 0.15) is 23.1 Å². The molecule has 0 spiro atoms. The number of pyridine rings is 1.